The van der Waals surface area contributed by atoms with Crippen LogP contribution in [-0.2, 0) is 24.8 Å². The number of sulfonamides is 2. The maximum atomic E-state index is 12.1. The SMILES string of the molecule is CC(C)COCCNS(=O)(=O)c1ccccc1S(N)(=O)=O. The van der Waals surface area contributed by atoms with Crippen LogP contribution in [0.25, 0.3) is 0 Å². The van der Waals surface area contributed by atoms with Crippen molar-refractivity contribution in [3.8, 4) is 0 Å². The molecular formula is C12H20N2O5S2. The summed E-state index contributed by atoms with van der Waals surface area (Å²) in [6.07, 6.45) is 0. The molecule has 0 spiro atoms. The lowest BCUT2D eigenvalue weighted by Gasteiger charge is -2.11. The van der Waals surface area contributed by atoms with Gasteiger partial charge in [-0.2, -0.15) is 0 Å². The number of hydrogen-bond donors (Lipinski definition) is 2. The molecule has 120 valence electrons. The zero-order valence-corrected chi connectivity index (χ0v) is 13.6. The molecular weight excluding hydrogens is 316 g/mol. The van der Waals surface area contributed by atoms with Crippen LogP contribution in [0.4, 0.5) is 0 Å². The van der Waals surface area contributed by atoms with E-state index in [-0.39, 0.29) is 18.0 Å². The molecule has 0 aliphatic rings. The molecule has 1 rings (SSSR count). The van der Waals surface area contributed by atoms with Gasteiger partial charge in [-0.15, -0.1) is 0 Å². The van der Waals surface area contributed by atoms with Gasteiger partial charge in [0.15, 0.2) is 0 Å². The molecule has 0 unspecified atom stereocenters. The van der Waals surface area contributed by atoms with E-state index < -0.39 is 24.9 Å². The molecule has 0 atom stereocenters. The molecule has 1 aromatic carbocycles. The molecule has 7 nitrogen and oxygen atoms in total. The van der Waals surface area contributed by atoms with Crippen molar-refractivity contribution in [1.82, 2.24) is 4.72 Å². The van der Waals surface area contributed by atoms with Gasteiger partial charge in [-0.1, -0.05) is 26.0 Å². The molecule has 0 bridgehead atoms. The molecule has 0 aliphatic heterocycles. The van der Waals surface area contributed by atoms with Gasteiger partial charge in [-0.25, -0.2) is 26.7 Å². The van der Waals surface area contributed by atoms with Gasteiger partial charge in [0, 0.05) is 13.2 Å². The van der Waals surface area contributed by atoms with E-state index in [1.54, 1.807) is 0 Å². The van der Waals surface area contributed by atoms with Gasteiger partial charge in [-0.3, -0.25) is 0 Å². The second kappa shape index (κ2) is 7.32. The Hall–Kier alpha value is -1.00. The normalized spacial score (nSPS) is 12.8. The van der Waals surface area contributed by atoms with Crippen molar-refractivity contribution >= 4 is 20.0 Å². The van der Waals surface area contributed by atoms with Crippen LogP contribution in [0, 0.1) is 5.92 Å². The molecule has 1 aromatic rings. The van der Waals surface area contributed by atoms with Crippen molar-refractivity contribution in [3.63, 3.8) is 0 Å². The Morgan fingerprint density at radius 2 is 1.71 bits per heavy atom. The number of nitrogens with one attached hydrogen (secondary N) is 1. The van der Waals surface area contributed by atoms with E-state index in [0.717, 1.165) is 6.07 Å². The standard InChI is InChI=1S/C12H20N2O5S2/c1-10(2)9-19-8-7-14-21(17,18)12-6-4-3-5-11(12)20(13,15)16/h3-6,10,14H,7-9H2,1-2H3,(H2,13,15,16). The first-order valence-electron chi connectivity index (χ1n) is 6.34. The summed E-state index contributed by atoms with van der Waals surface area (Å²) in [6, 6.07) is 5.18. The predicted octanol–water partition coefficient (Wildman–Crippen LogP) is 0.285. The fraction of sp³-hybridized carbons (Fsp3) is 0.500. The quantitative estimate of drug-likeness (QED) is 0.662. The summed E-state index contributed by atoms with van der Waals surface area (Å²) in [5.41, 5.74) is 0. The monoisotopic (exact) mass is 336 g/mol. The second-order valence-electron chi connectivity index (χ2n) is 4.86. The average Bonchev–Trinajstić information content (AvgIpc) is 2.37. The molecule has 0 saturated carbocycles. The fourth-order valence-electron chi connectivity index (χ4n) is 1.55. The van der Waals surface area contributed by atoms with Gasteiger partial charge >= 0.3 is 0 Å². The summed E-state index contributed by atoms with van der Waals surface area (Å²) in [5, 5.41) is 5.02. The topological polar surface area (TPSA) is 116 Å². The van der Waals surface area contributed by atoms with Crippen LogP contribution in [0.3, 0.4) is 0 Å². The number of benzene rings is 1. The Bertz CT molecular complexity index is 669. The summed E-state index contributed by atoms with van der Waals surface area (Å²) in [6.45, 7) is 4.73. The Labute approximate surface area is 125 Å². The molecule has 0 saturated heterocycles. The summed E-state index contributed by atoms with van der Waals surface area (Å²) in [7, 11) is -8.08. The molecule has 0 heterocycles. The van der Waals surface area contributed by atoms with Crippen LogP contribution in [-0.4, -0.2) is 36.6 Å². The first-order valence-corrected chi connectivity index (χ1v) is 9.37. The van der Waals surface area contributed by atoms with E-state index in [0.29, 0.717) is 12.5 Å². The van der Waals surface area contributed by atoms with Gasteiger partial charge in [0.2, 0.25) is 20.0 Å². The first kappa shape index (κ1) is 18.1. The summed E-state index contributed by atoms with van der Waals surface area (Å²) in [4.78, 5) is -0.794. The van der Waals surface area contributed by atoms with E-state index in [2.05, 4.69) is 4.72 Å². The number of ether oxygens (including phenoxy) is 1. The van der Waals surface area contributed by atoms with E-state index in [1.165, 1.54) is 18.2 Å². The van der Waals surface area contributed by atoms with Crippen molar-refractivity contribution in [1.29, 1.82) is 0 Å². The van der Waals surface area contributed by atoms with Gasteiger partial charge in [0.25, 0.3) is 0 Å². The third kappa shape index (κ3) is 5.71. The lowest BCUT2D eigenvalue weighted by molar-refractivity contribution is 0.114. The molecule has 0 aromatic heterocycles. The molecule has 0 fully saturated rings. The van der Waals surface area contributed by atoms with E-state index in [4.69, 9.17) is 9.88 Å². The fourth-order valence-corrected chi connectivity index (χ4v) is 3.94. The zero-order valence-electron chi connectivity index (χ0n) is 11.9. The molecule has 0 aliphatic carbocycles. The highest BCUT2D eigenvalue weighted by Gasteiger charge is 2.23. The van der Waals surface area contributed by atoms with Crippen molar-refractivity contribution in [3.05, 3.63) is 24.3 Å². The number of hydrogen-bond acceptors (Lipinski definition) is 5. The van der Waals surface area contributed by atoms with Crippen LogP contribution >= 0.6 is 0 Å². The predicted molar refractivity (Wildman–Crippen MR) is 78.7 cm³/mol. The molecule has 3 N–H and O–H groups in total. The molecule has 0 radical (unpaired) electrons. The van der Waals surface area contributed by atoms with Crippen molar-refractivity contribution in [2.24, 2.45) is 11.1 Å². The second-order valence-corrected chi connectivity index (χ2v) is 8.12. The van der Waals surface area contributed by atoms with Crippen LogP contribution in [0.1, 0.15) is 13.8 Å². The minimum absolute atomic E-state index is 0.0496. The molecule has 9 heteroatoms. The Morgan fingerprint density at radius 3 is 2.24 bits per heavy atom. The third-order valence-electron chi connectivity index (χ3n) is 2.43. The summed E-state index contributed by atoms with van der Waals surface area (Å²) in [5.74, 6) is 0.352. The van der Waals surface area contributed by atoms with E-state index in [9.17, 15) is 16.8 Å². The van der Waals surface area contributed by atoms with Crippen LogP contribution in [0.2, 0.25) is 0 Å². The highest BCUT2D eigenvalue weighted by atomic mass is 32.2. The van der Waals surface area contributed by atoms with Crippen LogP contribution in [0.15, 0.2) is 34.1 Å². The van der Waals surface area contributed by atoms with E-state index in [1.807, 2.05) is 13.8 Å². The Morgan fingerprint density at radius 1 is 1.14 bits per heavy atom. The summed E-state index contributed by atoms with van der Waals surface area (Å²) < 4.78 is 54.6. The lowest BCUT2D eigenvalue weighted by Crippen LogP contribution is -2.29. The van der Waals surface area contributed by atoms with Gasteiger partial charge < -0.3 is 4.74 Å². The zero-order chi connectivity index (χ0) is 16.1. The Balaban J connectivity index is 2.80. The van der Waals surface area contributed by atoms with E-state index >= 15 is 0 Å². The van der Waals surface area contributed by atoms with Crippen molar-refractivity contribution < 1.29 is 21.6 Å². The summed E-state index contributed by atoms with van der Waals surface area (Å²) >= 11 is 0. The highest BCUT2D eigenvalue weighted by molar-refractivity contribution is 7.92. The average molecular weight is 336 g/mol. The van der Waals surface area contributed by atoms with Crippen molar-refractivity contribution in [2.45, 2.75) is 23.6 Å². The van der Waals surface area contributed by atoms with Gasteiger partial charge in [0.1, 0.15) is 9.79 Å². The number of rotatable bonds is 8. The largest absolute Gasteiger partial charge is 0.380 e. The van der Waals surface area contributed by atoms with Crippen LogP contribution < -0.4 is 9.86 Å². The number of primary sulfonamides is 1. The highest BCUT2D eigenvalue weighted by Crippen LogP contribution is 2.18. The minimum Gasteiger partial charge on any atom is -0.380 e. The Kier molecular flexibility index (Phi) is 6.29. The molecule has 0 amide bonds. The van der Waals surface area contributed by atoms with Gasteiger partial charge in [-0.05, 0) is 18.1 Å². The smallest absolute Gasteiger partial charge is 0.241 e. The number of nitrogens with two attached hydrogens (primary N) is 1. The minimum atomic E-state index is -4.11. The third-order valence-corrected chi connectivity index (χ3v) is 5.05. The first-order chi connectivity index (χ1) is 9.64. The lowest BCUT2D eigenvalue weighted by atomic mass is 10.2. The van der Waals surface area contributed by atoms with Crippen LogP contribution in [0.5, 0.6) is 0 Å². The molecule has 21 heavy (non-hydrogen) atoms. The van der Waals surface area contributed by atoms with Gasteiger partial charge in [0.05, 0.1) is 6.61 Å². The maximum absolute atomic E-state index is 12.1. The van der Waals surface area contributed by atoms with Crippen molar-refractivity contribution in [2.75, 3.05) is 19.8 Å². The maximum Gasteiger partial charge on any atom is 0.241 e.